The molecule has 3 aromatic rings. The molecule has 0 bridgehead atoms. The first kappa shape index (κ1) is 20.1. The number of carbonyl (C=O) groups excluding carboxylic acids is 2. The van der Waals surface area contributed by atoms with Gasteiger partial charge in [0.1, 0.15) is 24.6 Å². The van der Waals surface area contributed by atoms with Crippen molar-refractivity contribution in [2.75, 3.05) is 0 Å². The van der Waals surface area contributed by atoms with E-state index >= 15 is 0 Å². The van der Waals surface area contributed by atoms with Crippen LogP contribution in [0.4, 0.5) is 0 Å². The molecule has 0 aliphatic carbocycles. The molecule has 0 N–H and O–H groups in total. The first-order valence-electron chi connectivity index (χ1n) is 9.15. The third-order valence-corrected chi connectivity index (χ3v) is 4.30. The van der Waals surface area contributed by atoms with E-state index < -0.39 is 11.9 Å². The fraction of sp³-hybridized carbons (Fsp3) is 0.167. The van der Waals surface area contributed by atoms with Crippen molar-refractivity contribution in [1.29, 1.82) is 0 Å². The lowest BCUT2D eigenvalue weighted by Crippen LogP contribution is -2.04. The Morgan fingerprint density at radius 2 is 1.66 bits per heavy atom. The zero-order valence-electron chi connectivity index (χ0n) is 16.3. The Morgan fingerprint density at radius 1 is 0.966 bits per heavy atom. The van der Waals surface area contributed by atoms with Crippen LogP contribution >= 0.6 is 0 Å². The van der Waals surface area contributed by atoms with E-state index in [1.54, 1.807) is 6.92 Å². The summed E-state index contributed by atoms with van der Waals surface area (Å²) in [4.78, 5) is 22.6. The van der Waals surface area contributed by atoms with Crippen molar-refractivity contribution < 1.29 is 23.5 Å². The number of carbonyl (C=O) groups is 2. The van der Waals surface area contributed by atoms with Gasteiger partial charge in [-0.15, -0.1) is 0 Å². The number of benzene rings is 2. The van der Waals surface area contributed by atoms with Gasteiger partial charge in [0.05, 0.1) is 0 Å². The summed E-state index contributed by atoms with van der Waals surface area (Å²) in [5.41, 5.74) is 4.29. The Labute approximate surface area is 169 Å². The number of hydrogen-bond acceptors (Lipinski definition) is 5. The van der Waals surface area contributed by atoms with Crippen LogP contribution in [0.5, 0.6) is 0 Å². The van der Waals surface area contributed by atoms with Gasteiger partial charge in [0, 0.05) is 17.0 Å². The summed E-state index contributed by atoms with van der Waals surface area (Å²) >= 11 is 0. The average molecular weight is 390 g/mol. The first-order valence-corrected chi connectivity index (χ1v) is 9.15. The van der Waals surface area contributed by atoms with Gasteiger partial charge in [-0.05, 0) is 48.2 Å². The second-order valence-electron chi connectivity index (χ2n) is 6.75. The fourth-order valence-corrected chi connectivity index (χ4v) is 2.79. The molecule has 148 valence electrons. The molecular formula is C24H22O5. The van der Waals surface area contributed by atoms with Crippen LogP contribution in [0.3, 0.4) is 0 Å². The van der Waals surface area contributed by atoms with Gasteiger partial charge in [-0.1, -0.05) is 43.5 Å². The van der Waals surface area contributed by atoms with Gasteiger partial charge in [0.25, 0.3) is 0 Å². The summed E-state index contributed by atoms with van der Waals surface area (Å²) in [7, 11) is 0. The maximum absolute atomic E-state index is 11.5. The molecule has 0 amide bonds. The number of hydrogen-bond donors (Lipinski definition) is 0. The van der Waals surface area contributed by atoms with E-state index in [1.165, 1.54) is 0 Å². The van der Waals surface area contributed by atoms with Gasteiger partial charge in [-0.2, -0.15) is 0 Å². The van der Waals surface area contributed by atoms with Crippen LogP contribution in [0, 0.1) is 0 Å². The van der Waals surface area contributed by atoms with E-state index in [9.17, 15) is 9.59 Å². The first-order chi connectivity index (χ1) is 13.9. The Bertz CT molecular complexity index is 1060. The van der Waals surface area contributed by atoms with E-state index in [4.69, 9.17) is 13.9 Å². The lowest BCUT2D eigenvalue weighted by Gasteiger charge is -2.05. The highest BCUT2D eigenvalue weighted by molar-refractivity contribution is 5.87. The highest BCUT2D eigenvalue weighted by Crippen LogP contribution is 2.23. The lowest BCUT2D eigenvalue weighted by molar-refractivity contribution is -0.141. The molecule has 0 saturated heterocycles. The van der Waals surface area contributed by atoms with Gasteiger partial charge in [-0.3, -0.25) is 0 Å². The van der Waals surface area contributed by atoms with Crippen LogP contribution in [-0.2, 0) is 38.7 Å². The van der Waals surface area contributed by atoms with Crippen LogP contribution in [0.25, 0.3) is 11.0 Å². The maximum Gasteiger partial charge on any atom is 0.333 e. The average Bonchev–Trinajstić information content (AvgIpc) is 3.13. The molecule has 0 atom stereocenters. The van der Waals surface area contributed by atoms with Crippen molar-refractivity contribution in [2.45, 2.75) is 26.6 Å². The highest BCUT2D eigenvalue weighted by Gasteiger charge is 2.09. The van der Waals surface area contributed by atoms with Crippen LogP contribution in [0.15, 0.2) is 77.8 Å². The van der Waals surface area contributed by atoms with Gasteiger partial charge in [0.2, 0.25) is 0 Å². The maximum atomic E-state index is 11.5. The summed E-state index contributed by atoms with van der Waals surface area (Å²) in [6, 6.07) is 15.8. The van der Waals surface area contributed by atoms with Crippen molar-refractivity contribution in [1.82, 2.24) is 0 Å². The molecule has 0 unspecified atom stereocenters. The lowest BCUT2D eigenvalue weighted by atomic mass is 10.0. The molecular weight excluding hydrogens is 368 g/mol. The highest BCUT2D eigenvalue weighted by atomic mass is 16.5. The second-order valence-corrected chi connectivity index (χ2v) is 6.75. The van der Waals surface area contributed by atoms with E-state index in [1.807, 2.05) is 42.5 Å². The van der Waals surface area contributed by atoms with Crippen LogP contribution in [-0.4, -0.2) is 11.9 Å². The van der Waals surface area contributed by atoms with Gasteiger partial charge >= 0.3 is 11.9 Å². The molecule has 0 spiro atoms. The van der Waals surface area contributed by atoms with Gasteiger partial charge in [-0.25, -0.2) is 9.59 Å². The zero-order valence-corrected chi connectivity index (χ0v) is 16.3. The number of ether oxygens (including phenoxy) is 2. The SMILES string of the molecule is C=CC(=O)OCc1ccc(Cc2ccc3oc(COC(=O)C(=C)C)cc3c2)cc1. The zero-order chi connectivity index (χ0) is 20.8. The second kappa shape index (κ2) is 9.06. The number of furan rings is 1. The van der Waals surface area contributed by atoms with Crippen molar-refractivity contribution in [3.05, 3.63) is 95.8 Å². The van der Waals surface area contributed by atoms with Crippen LogP contribution < -0.4 is 0 Å². The Balaban J connectivity index is 1.64. The van der Waals surface area contributed by atoms with Crippen molar-refractivity contribution >= 4 is 22.9 Å². The van der Waals surface area contributed by atoms with Crippen LogP contribution in [0.2, 0.25) is 0 Å². The summed E-state index contributed by atoms with van der Waals surface area (Å²) in [6.07, 6.45) is 1.91. The van der Waals surface area contributed by atoms with E-state index in [0.29, 0.717) is 11.3 Å². The number of esters is 2. The molecule has 0 aliphatic rings. The molecule has 3 rings (SSSR count). The topological polar surface area (TPSA) is 65.7 Å². The molecule has 5 heteroatoms. The molecule has 0 fully saturated rings. The molecule has 0 saturated carbocycles. The minimum absolute atomic E-state index is 0.0770. The van der Waals surface area contributed by atoms with Crippen molar-refractivity contribution in [3.8, 4) is 0 Å². The third-order valence-electron chi connectivity index (χ3n) is 4.30. The number of rotatable bonds is 8. The number of fused-ring (bicyclic) bond motifs is 1. The summed E-state index contributed by atoms with van der Waals surface area (Å²) in [5.74, 6) is -0.282. The smallest absolute Gasteiger partial charge is 0.333 e. The van der Waals surface area contributed by atoms with Gasteiger partial charge < -0.3 is 13.9 Å². The predicted octanol–water partition coefficient (Wildman–Crippen LogP) is 4.87. The van der Waals surface area contributed by atoms with E-state index in [0.717, 1.165) is 40.2 Å². The monoisotopic (exact) mass is 390 g/mol. The normalized spacial score (nSPS) is 10.5. The predicted molar refractivity (Wildman–Crippen MR) is 110 cm³/mol. The Kier molecular flexibility index (Phi) is 6.29. The van der Waals surface area contributed by atoms with E-state index in [-0.39, 0.29) is 13.2 Å². The van der Waals surface area contributed by atoms with Crippen molar-refractivity contribution in [2.24, 2.45) is 0 Å². The molecule has 1 aromatic heterocycles. The Hall–Kier alpha value is -3.60. The summed E-state index contributed by atoms with van der Waals surface area (Å²) in [5, 5.41) is 0.955. The standard InChI is InChI=1S/C24H22O5/c1-4-23(25)27-14-18-7-5-17(6-8-18)11-19-9-10-22-20(12-19)13-21(29-22)15-28-24(26)16(2)3/h4-10,12-13H,1-2,11,14-15H2,3H3. The molecule has 29 heavy (non-hydrogen) atoms. The molecule has 0 radical (unpaired) electrons. The largest absolute Gasteiger partial charge is 0.458 e. The molecule has 1 heterocycles. The summed E-state index contributed by atoms with van der Waals surface area (Å²) in [6.45, 7) is 8.84. The minimum atomic E-state index is -0.436. The Morgan fingerprint density at radius 3 is 2.34 bits per heavy atom. The molecule has 5 nitrogen and oxygen atoms in total. The van der Waals surface area contributed by atoms with Gasteiger partial charge in [0.15, 0.2) is 0 Å². The van der Waals surface area contributed by atoms with E-state index in [2.05, 4.69) is 19.2 Å². The minimum Gasteiger partial charge on any atom is -0.458 e. The molecule has 2 aromatic carbocycles. The molecule has 0 aliphatic heterocycles. The quantitative estimate of drug-likeness (QED) is 0.405. The third kappa shape index (κ3) is 5.45. The fourth-order valence-electron chi connectivity index (χ4n) is 2.79. The summed E-state index contributed by atoms with van der Waals surface area (Å²) < 4.78 is 15.9. The van der Waals surface area contributed by atoms with Crippen molar-refractivity contribution in [3.63, 3.8) is 0 Å². The van der Waals surface area contributed by atoms with Crippen LogP contribution in [0.1, 0.15) is 29.4 Å².